The van der Waals surface area contributed by atoms with E-state index in [2.05, 4.69) is 22.8 Å². The topological polar surface area (TPSA) is 96.3 Å². The number of Topliss-reactive ketones (excluding diaryl/α,β-unsaturated/α-hetero) is 2. The lowest BCUT2D eigenvalue weighted by Crippen LogP contribution is -2.44. The Labute approximate surface area is 250 Å². The quantitative estimate of drug-likeness (QED) is 0.431. The molecule has 2 bridgehead atoms. The van der Waals surface area contributed by atoms with Crippen LogP contribution in [0.3, 0.4) is 0 Å². The molecule has 6 rings (SSSR count). The molecule has 1 aromatic heterocycles. The average Bonchev–Trinajstić information content (AvgIpc) is 3.40. The van der Waals surface area contributed by atoms with Gasteiger partial charge in [0.2, 0.25) is 5.91 Å². The van der Waals surface area contributed by atoms with Crippen molar-refractivity contribution in [1.29, 1.82) is 0 Å². The number of piperidine rings is 1. The zero-order chi connectivity index (χ0) is 29.3. The van der Waals surface area contributed by atoms with Crippen LogP contribution in [0.5, 0.6) is 0 Å². The number of ketones is 2. The minimum atomic E-state index is -0.355. The van der Waals surface area contributed by atoms with Gasteiger partial charge in [-0.25, -0.2) is 0 Å². The molecule has 3 atom stereocenters. The van der Waals surface area contributed by atoms with Crippen LogP contribution < -0.4 is 10.6 Å². The summed E-state index contributed by atoms with van der Waals surface area (Å²) in [5.41, 5.74) is 3.55. The van der Waals surface area contributed by atoms with Crippen LogP contribution in [0.2, 0.25) is 0 Å². The van der Waals surface area contributed by atoms with Crippen molar-refractivity contribution in [2.75, 3.05) is 25.0 Å². The molecule has 2 aromatic rings. The van der Waals surface area contributed by atoms with Gasteiger partial charge in [0, 0.05) is 49.0 Å². The van der Waals surface area contributed by atoms with Crippen LogP contribution >= 0.6 is 0 Å². The largest absolute Gasteiger partial charge is 0.385 e. The highest BCUT2D eigenvalue weighted by atomic mass is 16.2. The van der Waals surface area contributed by atoms with Gasteiger partial charge in [0.25, 0.3) is 0 Å². The molecule has 8 nitrogen and oxygen atoms in total. The molecule has 8 heteroatoms. The first-order chi connectivity index (χ1) is 20.4. The maximum atomic E-state index is 14.1. The lowest BCUT2D eigenvalue weighted by molar-refractivity contribution is -0.139. The third kappa shape index (κ3) is 5.88. The Morgan fingerprint density at radius 1 is 1.05 bits per heavy atom. The second kappa shape index (κ2) is 12.5. The van der Waals surface area contributed by atoms with Gasteiger partial charge in [-0.05, 0) is 75.1 Å². The summed E-state index contributed by atoms with van der Waals surface area (Å²) in [7, 11) is 0. The smallest absolute Gasteiger partial charge is 0.245 e. The minimum Gasteiger partial charge on any atom is -0.385 e. The van der Waals surface area contributed by atoms with E-state index in [4.69, 9.17) is 5.10 Å². The zero-order valence-electron chi connectivity index (χ0n) is 25.7. The second-order valence-electron chi connectivity index (χ2n) is 13.6. The van der Waals surface area contributed by atoms with Crippen molar-refractivity contribution in [3.05, 3.63) is 23.4 Å². The summed E-state index contributed by atoms with van der Waals surface area (Å²) in [6.07, 6.45) is 15.3. The predicted molar refractivity (Wildman–Crippen MR) is 166 cm³/mol. The number of hydrogen-bond donors (Lipinski definition) is 2. The van der Waals surface area contributed by atoms with Crippen LogP contribution in [-0.4, -0.2) is 63.9 Å². The van der Waals surface area contributed by atoms with E-state index < -0.39 is 0 Å². The molecule has 2 aliphatic carbocycles. The summed E-state index contributed by atoms with van der Waals surface area (Å²) in [4.78, 5) is 41.8. The summed E-state index contributed by atoms with van der Waals surface area (Å²) < 4.78 is 1.78. The third-order valence-corrected chi connectivity index (χ3v) is 10.6. The van der Waals surface area contributed by atoms with Gasteiger partial charge in [-0.3, -0.25) is 19.1 Å². The number of carbonyl (C=O) groups is 3. The number of aromatic nitrogens is 2. The van der Waals surface area contributed by atoms with Crippen molar-refractivity contribution < 1.29 is 14.4 Å². The summed E-state index contributed by atoms with van der Waals surface area (Å²) in [5, 5.41) is 13.0. The lowest BCUT2D eigenvalue weighted by Gasteiger charge is -2.26. The Morgan fingerprint density at radius 2 is 1.81 bits per heavy atom. The lowest BCUT2D eigenvalue weighted by atomic mass is 9.89. The summed E-state index contributed by atoms with van der Waals surface area (Å²) in [5.74, 6) is 0.696. The molecule has 1 saturated heterocycles. The van der Waals surface area contributed by atoms with E-state index in [-0.39, 0.29) is 41.5 Å². The number of hydrogen-bond acceptors (Lipinski definition) is 6. The van der Waals surface area contributed by atoms with Crippen molar-refractivity contribution in [1.82, 2.24) is 20.0 Å². The summed E-state index contributed by atoms with van der Waals surface area (Å²) in [6, 6.07) is 4.07. The van der Waals surface area contributed by atoms with Gasteiger partial charge in [-0.2, -0.15) is 5.10 Å². The molecule has 42 heavy (non-hydrogen) atoms. The highest BCUT2D eigenvalue weighted by Crippen LogP contribution is 2.59. The van der Waals surface area contributed by atoms with Crippen molar-refractivity contribution in [3.8, 4) is 0 Å². The van der Waals surface area contributed by atoms with Gasteiger partial charge >= 0.3 is 0 Å². The molecule has 0 radical (unpaired) electrons. The first-order valence-corrected chi connectivity index (χ1v) is 16.7. The van der Waals surface area contributed by atoms with E-state index >= 15 is 0 Å². The third-order valence-electron chi connectivity index (χ3n) is 10.6. The molecular weight excluding hydrogens is 526 g/mol. The van der Waals surface area contributed by atoms with Crippen molar-refractivity contribution in [3.63, 3.8) is 0 Å². The molecule has 2 saturated carbocycles. The van der Waals surface area contributed by atoms with Crippen molar-refractivity contribution in [2.24, 2.45) is 11.3 Å². The first-order valence-electron chi connectivity index (χ1n) is 16.7. The Bertz CT molecular complexity index is 1330. The number of carbonyl (C=O) groups excluding carboxylic acids is 3. The Morgan fingerprint density at radius 3 is 2.60 bits per heavy atom. The number of benzene rings is 1. The van der Waals surface area contributed by atoms with Crippen LogP contribution in [0.4, 0.5) is 5.69 Å². The SMILES string of the molecule is CCC(=O)[C@@H]1C[C@]23CNCCCCCCCc4cc(NCC5CCCCC5)cc5c(C(C)=O)nn(c45)CC(=O)N1[C@@H]2C3. The van der Waals surface area contributed by atoms with E-state index in [1.807, 2.05) is 11.8 Å². The molecule has 0 unspecified atom stereocenters. The molecular formula is C34H49N5O3. The van der Waals surface area contributed by atoms with E-state index in [0.717, 1.165) is 80.3 Å². The number of nitrogens with one attached hydrogen (secondary N) is 2. The Balaban J connectivity index is 1.35. The van der Waals surface area contributed by atoms with E-state index in [9.17, 15) is 14.4 Å². The number of rotatable bonds is 6. The molecule has 2 aliphatic heterocycles. The Kier molecular flexibility index (Phi) is 8.71. The molecule has 228 valence electrons. The molecule has 4 aliphatic rings. The highest BCUT2D eigenvalue weighted by molar-refractivity contribution is 6.06. The van der Waals surface area contributed by atoms with Gasteiger partial charge in [0.15, 0.2) is 11.6 Å². The first kappa shape index (κ1) is 29.3. The molecule has 3 fully saturated rings. The van der Waals surface area contributed by atoms with E-state index in [1.165, 1.54) is 44.9 Å². The second-order valence-corrected chi connectivity index (χ2v) is 13.6. The van der Waals surface area contributed by atoms with Gasteiger partial charge in [0.05, 0.1) is 11.6 Å². The predicted octanol–water partition coefficient (Wildman–Crippen LogP) is 5.67. The fourth-order valence-electron chi connectivity index (χ4n) is 8.12. The van der Waals surface area contributed by atoms with E-state index in [1.54, 1.807) is 11.6 Å². The normalized spacial score (nSPS) is 27.5. The minimum absolute atomic E-state index is 0.0138. The zero-order valence-corrected chi connectivity index (χ0v) is 25.7. The fraction of sp³-hybridized carbons (Fsp3) is 0.706. The van der Waals surface area contributed by atoms with Crippen LogP contribution in [0, 0.1) is 11.3 Å². The maximum absolute atomic E-state index is 14.1. The molecule has 3 heterocycles. The van der Waals surface area contributed by atoms with Gasteiger partial charge < -0.3 is 15.5 Å². The molecule has 2 N–H and O–H groups in total. The van der Waals surface area contributed by atoms with Gasteiger partial charge in [-0.15, -0.1) is 0 Å². The summed E-state index contributed by atoms with van der Waals surface area (Å²) in [6.45, 7) is 6.33. The number of anilines is 1. The standard InChI is InChI=1S/C34H49N5O3/c1-3-29(41)28-18-34-19-30(34)39(28)31(42)21-38-33-25(14-10-5-4-6-11-15-35-22-34)16-26(17-27(33)32(37-38)23(2)40)36-20-24-12-8-7-9-13-24/h16-17,24,28,30,35-36H,3-15,18-22H2,1-2H3/t28-,30+,34-/m0/s1. The number of nitrogens with zero attached hydrogens (tertiary/aromatic N) is 3. The highest BCUT2D eigenvalue weighted by Gasteiger charge is 2.66. The number of aryl methyl sites for hydroxylation is 1. The average molecular weight is 576 g/mol. The fourth-order valence-corrected chi connectivity index (χ4v) is 8.12. The van der Waals surface area contributed by atoms with Crippen LogP contribution in [-0.2, 0) is 22.6 Å². The van der Waals surface area contributed by atoms with Crippen LogP contribution in [0.15, 0.2) is 12.1 Å². The van der Waals surface area contributed by atoms with Crippen LogP contribution in [0.1, 0.15) is 113 Å². The molecule has 0 spiro atoms. The molecule has 1 aromatic carbocycles. The summed E-state index contributed by atoms with van der Waals surface area (Å²) >= 11 is 0. The van der Waals surface area contributed by atoms with Crippen molar-refractivity contribution in [2.45, 2.75) is 122 Å². The monoisotopic (exact) mass is 575 g/mol. The van der Waals surface area contributed by atoms with E-state index in [0.29, 0.717) is 18.0 Å². The van der Waals surface area contributed by atoms with Gasteiger partial charge in [0.1, 0.15) is 12.2 Å². The Hall–Kier alpha value is -2.74. The maximum Gasteiger partial charge on any atom is 0.245 e. The van der Waals surface area contributed by atoms with Crippen molar-refractivity contribution >= 4 is 34.1 Å². The van der Waals surface area contributed by atoms with Crippen LogP contribution in [0.25, 0.3) is 10.9 Å². The van der Waals surface area contributed by atoms with Gasteiger partial charge in [-0.1, -0.05) is 45.4 Å². The number of amides is 1. The molecule has 1 amide bonds.